The van der Waals surface area contributed by atoms with Gasteiger partial charge >= 0.3 is 5.97 Å². The number of aromatic amines is 1. The minimum atomic E-state index is -0.565. The molecule has 1 aromatic carbocycles. The van der Waals surface area contributed by atoms with E-state index in [9.17, 15) is 4.79 Å². The van der Waals surface area contributed by atoms with Crippen molar-refractivity contribution in [2.24, 2.45) is 0 Å². The van der Waals surface area contributed by atoms with Crippen molar-refractivity contribution >= 4 is 11.8 Å². The van der Waals surface area contributed by atoms with Gasteiger partial charge in [-0.3, -0.25) is 5.10 Å². The molecule has 5 heteroatoms. The maximum absolute atomic E-state index is 12.1. The van der Waals surface area contributed by atoms with Crippen LogP contribution >= 0.6 is 0 Å². The van der Waals surface area contributed by atoms with Crippen LogP contribution in [0.2, 0.25) is 0 Å². The molecule has 2 rings (SSSR count). The van der Waals surface area contributed by atoms with Gasteiger partial charge in [0.25, 0.3) is 0 Å². The fraction of sp³-hybridized carbons (Fsp3) is 0.286. The average Bonchev–Trinajstić information content (AvgIpc) is 2.70. The Kier molecular flexibility index (Phi) is 3.29. The van der Waals surface area contributed by atoms with Crippen LogP contribution in [-0.2, 0) is 4.74 Å². The van der Waals surface area contributed by atoms with E-state index in [1.54, 1.807) is 0 Å². The normalized spacial score (nSPS) is 11.3. The zero-order valence-electron chi connectivity index (χ0n) is 11.2. The van der Waals surface area contributed by atoms with Crippen molar-refractivity contribution in [2.75, 3.05) is 5.73 Å². The topological polar surface area (TPSA) is 81.0 Å². The highest BCUT2D eigenvalue weighted by Crippen LogP contribution is 2.28. The SMILES string of the molecule is CC(C)(C)OC(=O)c1[nH]nc(N)c1-c1ccccc1. The van der Waals surface area contributed by atoms with E-state index in [1.807, 2.05) is 51.1 Å². The number of nitrogens with one attached hydrogen (secondary N) is 1. The quantitative estimate of drug-likeness (QED) is 0.812. The molecule has 0 atom stereocenters. The first-order chi connectivity index (χ1) is 8.88. The lowest BCUT2D eigenvalue weighted by atomic mass is 10.1. The number of carbonyl (C=O) groups excluding carboxylic acids is 1. The maximum Gasteiger partial charge on any atom is 0.357 e. The maximum atomic E-state index is 12.1. The molecule has 5 nitrogen and oxygen atoms in total. The highest BCUT2D eigenvalue weighted by Gasteiger charge is 2.24. The van der Waals surface area contributed by atoms with Gasteiger partial charge in [0.2, 0.25) is 0 Å². The molecule has 1 aromatic heterocycles. The molecule has 0 amide bonds. The van der Waals surface area contributed by atoms with Gasteiger partial charge in [-0.2, -0.15) is 5.10 Å². The van der Waals surface area contributed by atoms with Crippen LogP contribution in [0.15, 0.2) is 30.3 Å². The monoisotopic (exact) mass is 259 g/mol. The number of anilines is 1. The number of ether oxygens (including phenoxy) is 1. The molecule has 0 fully saturated rings. The molecular weight excluding hydrogens is 242 g/mol. The first-order valence-corrected chi connectivity index (χ1v) is 6.01. The number of nitrogen functional groups attached to an aromatic ring is 1. The third-order valence-corrected chi connectivity index (χ3v) is 2.46. The van der Waals surface area contributed by atoms with Crippen LogP contribution in [0.25, 0.3) is 11.1 Å². The number of hydrogen-bond acceptors (Lipinski definition) is 4. The van der Waals surface area contributed by atoms with Crippen LogP contribution in [-0.4, -0.2) is 21.8 Å². The van der Waals surface area contributed by atoms with Crippen molar-refractivity contribution in [3.8, 4) is 11.1 Å². The molecule has 0 saturated carbocycles. The predicted octanol–water partition coefficient (Wildman–Crippen LogP) is 2.61. The predicted molar refractivity (Wildman–Crippen MR) is 73.6 cm³/mol. The van der Waals surface area contributed by atoms with Crippen LogP contribution in [0.1, 0.15) is 31.3 Å². The Balaban J connectivity index is 2.41. The number of nitrogens with two attached hydrogens (primary N) is 1. The van der Waals surface area contributed by atoms with Crippen molar-refractivity contribution < 1.29 is 9.53 Å². The molecule has 3 N–H and O–H groups in total. The number of H-pyrrole nitrogens is 1. The Morgan fingerprint density at radius 3 is 2.47 bits per heavy atom. The molecule has 0 aliphatic rings. The molecule has 1 heterocycles. The number of esters is 1. The van der Waals surface area contributed by atoms with Gasteiger partial charge in [0.05, 0.1) is 5.56 Å². The highest BCUT2D eigenvalue weighted by atomic mass is 16.6. The third kappa shape index (κ3) is 2.93. The Bertz CT molecular complexity index is 582. The summed E-state index contributed by atoms with van der Waals surface area (Å²) in [6.45, 7) is 5.44. The van der Waals surface area contributed by atoms with Crippen LogP contribution < -0.4 is 5.73 Å². The number of nitrogens with zero attached hydrogens (tertiary/aromatic N) is 1. The Hall–Kier alpha value is -2.30. The van der Waals surface area contributed by atoms with Crippen molar-refractivity contribution in [2.45, 2.75) is 26.4 Å². The van der Waals surface area contributed by atoms with Gasteiger partial charge in [-0.25, -0.2) is 4.79 Å². The first kappa shape index (κ1) is 13.1. The summed E-state index contributed by atoms with van der Waals surface area (Å²) in [5.74, 6) is -0.178. The van der Waals surface area contributed by atoms with Gasteiger partial charge in [-0.15, -0.1) is 0 Å². The fourth-order valence-corrected chi connectivity index (χ4v) is 1.73. The van der Waals surface area contributed by atoms with Crippen LogP contribution in [0, 0.1) is 0 Å². The largest absolute Gasteiger partial charge is 0.455 e. The number of rotatable bonds is 2. The minimum Gasteiger partial charge on any atom is -0.455 e. The number of benzene rings is 1. The average molecular weight is 259 g/mol. The van der Waals surface area contributed by atoms with Gasteiger partial charge in [0.15, 0.2) is 11.5 Å². The molecule has 0 bridgehead atoms. The zero-order valence-corrected chi connectivity index (χ0v) is 11.2. The van der Waals surface area contributed by atoms with E-state index in [0.29, 0.717) is 5.56 Å². The lowest BCUT2D eigenvalue weighted by Crippen LogP contribution is -2.24. The van der Waals surface area contributed by atoms with Crippen molar-refractivity contribution in [3.05, 3.63) is 36.0 Å². The summed E-state index contributed by atoms with van der Waals surface area (Å²) < 4.78 is 5.33. The van der Waals surface area contributed by atoms with E-state index in [0.717, 1.165) is 5.56 Å². The van der Waals surface area contributed by atoms with E-state index in [2.05, 4.69) is 10.2 Å². The van der Waals surface area contributed by atoms with Gasteiger partial charge in [-0.05, 0) is 26.3 Å². The molecule has 0 radical (unpaired) electrons. The highest BCUT2D eigenvalue weighted by molar-refractivity contribution is 5.98. The molecule has 0 spiro atoms. The standard InChI is InChI=1S/C14H17N3O2/c1-14(2,3)19-13(18)11-10(12(15)17-16-11)9-7-5-4-6-8-9/h4-8H,1-3H3,(H3,15,16,17). The molecule has 0 aliphatic carbocycles. The summed E-state index contributed by atoms with van der Waals surface area (Å²) in [6.07, 6.45) is 0. The summed E-state index contributed by atoms with van der Waals surface area (Å²) >= 11 is 0. The van der Waals surface area contributed by atoms with Crippen LogP contribution in [0.5, 0.6) is 0 Å². The number of carbonyl (C=O) groups is 1. The lowest BCUT2D eigenvalue weighted by molar-refractivity contribution is 0.00637. The van der Waals surface area contributed by atoms with Crippen molar-refractivity contribution in [3.63, 3.8) is 0 Å². The summed E-state index contributed by atoms with van der Waals surface area (Å²) in [7, 11) is 0. The van der Waals surface area contributed by atoms with Crippen molar-refractivity contribution in [1.82, 2.24) is 10.2 Å². The summed E-state index contributed by atoms with van der Waals surface area (Å²) in [5, 5.41) is 6.54. The van der Waals surface area contributed by atoms with E-state index in [1.165, 1.54) is 0 Å². The van der Waals surface area contributed by atoms with E-state index in [4.69, 9.17) is 10.5 Å². The van der Waals surface area contributed by atoms with E-state index >= 15 is 0 Å². The van der Waals surface area contributed by atoms with Gasteiger partial charge < -0.3 is 10.5 Å². The van der Waals surface area contributed by atoms with E-state index < -0.39 is 11.6 Å². The molecular formula is C14H17N3O2. The lowest BCUT2D eigenvalue weighted by Gasteiger charge is -2.19. The summed E-state index contributed by atoms with van der Waals surface area (Å²) in [5.41, 5.74) is 6.94. The number of hydrogen-bond donors (Lipinski definition) is 2. The molecule has 0 unspecified atom stereocenters. The fourth-order valence-electron chi connectivity index (χ4n) is 1.73. The smallest absolute Gasteiger partial charge is 0.357 e. The van der Waals surface area contributed by atoms with E-state index in [-0.39, 0.29) is 11.5 Å². The molecule has 19 heavy (non-hydrogen) atoms. The second kappa shape index (κ2) is 4.76. The summed E-state index contributed by atoms with van der Waals surface area (Å²) in [4.78, 5) is 12.1. The van der Waals surface area contributed by atoms with Gasteiger partial charge in [0, 0.05) is 0 Å². The Morgan fingerprint density at radius 1 is 1.26 bits per heavy atom. The third-order valence-electron chi connectivity index (χ3n) is 2.46. The first-order valence-electron chi connectivity index (χ1n) is 6.01. The summed E-state index contributed by atoms with van der Waals surface area (Å²) in [6, 6.07) is 9.39. The van der Waals surface area contributed by atoms with Crippen LogP contribution in [0.3, 0.4) is 0 Å². The molecule has 0 saturated heterocycles. The van der Waals surface area contributed by atoms with Crippen molar-refractivity contribution in [1.29, 1.82) is 0 Å². The van der Waals surface area contributed by atoms with Gasteiger partial charge in [-0.1, -0.05) is 30.3 Å². The Morgan fingerprint density at radius 2 is 1.89 bits per heavy atom. The Labute approximate surface area is 111 Å². The second-order valence-corrected chi connectivity index (χ2v) is 5.23. The molecule has 100 valence electrons. The molecule has 2 aromatic rings. The zero-order chi connectivity index (χ0) is 14.0. The second-order valence-electron chi connectivity index (χ2n) is 5.23. The van der Waals surface area contributed by atoms with Crippen LogP contribution in [0.4, 0.5) is 5.82 Å². The number of aromatic nitrogens is 2. The van der Waals surface area contributed by atoms with Gasteiger partial charge in [0.1, 0.15) is 5.60 Å². The minimum absolute atomic E-state index is 0.277. The molecule has 0 aliphatic heterocycles.